The summed E-state index contributed by atoms with van der Waals surface area (Å²) in [7, 11) is -1.50. The number of likely N-dealkylation sites (tertiary alicyclic amines) is 1. The number of carbonyl (C=O) groups excluding carboxylic acids is 2. The third kappa shape index (κ3) is 4.51. The second-order valence-corrected chi connectivity index (χ2v) is 9.89. The van der Waals surface area contributed by atoms with Gasteiger partial charge in [-0.3, -0.25) is 14.5 Å². The Kier molecular flexibility index (Phi) is 5.09. The van der Waals surface area contributed by atoms with Gasteiger partial charge in [-0.2, -0.15) is 0 Å². The predicted molar refractivity (Wildman–Crippen MR) is 91.7 cm³/mol. The molecule has 1 N–H and O–H groups in total. The van der Waals surface area contributed by atoms with Crippen molar-refractivity contribution in [2.24, 2.45) is 5.92 Å². The number of hydrogen-bond donors (Lipinski definition) is 1. The summed E-state index contributed by atoms with van der Waals surface area (Å²) in [6, 6.07) is -0.272. The standard InChI is InChI=1S/C16H27N3O5S/c1-17-15(21)13-8-24-16(9-18(13)7-12-3-4-12)10-19(11-16)14(20)5-6-25(2,22)23/h12-13H,3-11H2,1-2H3,(H,17,21)/t13-/m1/s1. The van der Waals surface area contributed by atoms with E-state index in [1.54, 1.807) is 11.9 Å². The molecule has 0 aromatic rings. The molecule has 1 spiro atoms. The zero-order chi connectivity index (χ0) is 18.2. The molecular formula is C16H27N3O5S. The number of rotatable bonds is 6. The fourth-order valence-corrected chi connectivity index (χ4v) is 4.11. The Morgan fingerprint density at radius 2 is 1.92 bits per heavy atom. The molecule has 2 amide bonds. The molecule has 142 valence electrons. The van der Waals surface area contributed by atoms with E-state index in [0.29, 0.717) is 32.2 Å². The summed E-state index contributed by atoms with van der Waals surface area (Å²) >= 11 is 0. The third-order valence-corrected chi connectivity index (χ3v) is 6.16. The van der Waals surface area contributed by atoms with Gasteiger partial charge in [0.15, 0.2) is 0 Å². The van der Waals surface area contributed by atoms with Gasteiger partial charge in [0.25, 0.3) is 0 Å². The van der Waals surface area contributed by atoms with Crippen molar-refractivity contribution < 1.29 is 22.7 Å². The molecule has 1 saturated carbocycles. The highest BCUT2D eigenvalue weighted by Gasteiger charge is 2.52. The van der Waals surface area contributed by atoms with E-state index in [2.05, 4.69) is 10.2 Å². The normalized spacial score (nSPS) is 26.3. The van der Waals surface area contributed by atoms with Gasteiger partial charge in [0, 0.05) is 32.8 Å². The lowest BCUT2D eigenvalue weighted by Gasteiger charge is -2.55. The summed E-state index contributed by atoms with van der Waals surface area (Å²) in [4.78, 5) is 28.1. The van der Waals surface area contributed by atoms with Crippen LogP contribution >= 0.6 is 0 Å². The molecule has 0 aromatic heterocycles. The summed E-state index contributed by atoms with van der Waals surface area (Å²) in [5.41, 5.74) is -0.417. The third-order valence-electron chi connectivity index (χ3n) is 5.22. The van der Waals surface area contributed by atoms with Crippen molar-refractivity contribution in [3.8, 4) is 0 Å². The molecular weight excluding hydrogens is 346 g/mol. The van der Waals surface area contributed by atoms with Crippen LogP contribution in [0.3, 0.4) is 0 Å². The highest BCUT2D eigenvalue weighted by molar-refractivity contribution is 7.90. The molecule has 25 heavy (non-hydrogen) atoms. The van der Waals surface area contributed by atoms with Gasteiger partial charge in [-0.05, 0) is 18.8 Å². The minimum atomic E-state index is -3.14. The van der Waals surface area contributed by atoms with Crippen molar-refractivity contribution in [3.63, 3.8) is 0 Å². The van der Waals surface area contributed by atoms with E-state index in [-0.39, 0.29) is 30.0 Å². The van der Waals surface area contributed by atoms with E-state index in [9.17, 15) is 18.0 Å². The van der Waals surface area contributed by atoms with Gasteiger partial charge in [-0.1, -0.05) is 0 Å². The van der Waals surface area contributed by atoms with Crippen molar-refractivity contribution in [2.45, 2.75) is 30.9 Å². The number of nitrogens with zero attached hydrogens (tertiary/aromatic N) is 2. The molecule has 2 saturated heterocycles. The highest BCUT2D eigenvalue weighted by atomic mass is 32.2. The van der Waals surface area contributed by atoms with Gasteiger partial charge >= 0.3 is 0 Å². The van der Waals surface area contributed by atoms with E-state index in [0.717, 1.165) is 12.8 Å². The molecule has 0 unspecified atom stereocenters. The average molecular weight is 373 g/mol. The quantitative estimate of drug-likeness (QED) is 0.632. The van der Waals surface area contributed by atoms with Crippen molar-refractivity contribution in [1.29, 1.82) is 0 Å². The van der Waals surface area contributed by atoms with Crippen LogP contribution < -0.4 is 5.32 Å². The van der Waals surface area contributed by atoms with Crippen LogP contribution in [0.2, 0.25) is 0 Å². The number of nitrogens with one attached hydrogen (secondary N) is 1. The molecule has 1 aliphatic carbocycles. The van der Waals surface area contributed by atoms with Crippen LogP contribution in [0.4, 0.5) is 0 Å². The first kappa shape index (κ1) is 18.6. The molecule has 3 aliphatic rings. The first-order chi connectivity index (χ1) is 11.7. The lowest BCUT2D eigenvalue weighted by Crippen LogP contribution is -2.73. The Morgan fingerprint density at radius 3 is 2.48 bits per heavy atom. The zero-order valence-corrected chi connectivity index (χ0v) is 15.7. The number of sulfone groups is 1. The average Bonchev–Trinajstić information content (AvgIpc) is 3.32. The fourth-order valence-electron chi connectivity index (χ4n) is 3.57. The Morgan fingerprint density at radius 1 is 1.24 bits per heavy atom. The number of likely N-dealkylation sites (N-methyl/N-ethyl adjacent to an activating group) is 1. The van der Waals surface area contributed by atoms with E-state index >= 15 is 0 Å². The van der Waals surface area contributed by atoms with Gasteiger partial charge in [0.1, 0.15) is 21.5 Å². The van der Waals surface area contributed by atoms with Gasteiger partial charge in [-0.15, -0.1) is 0 Å². The minimum Gasteiger partial charge on any atom is -0.368 e. The van der Waals surface area contributed by atoms with Gasteiger partial charge in [0.05, 0.1) is 25.4 Å². The second kappa shape index (κ2) is 6.85. The Balaban J connectivity index is 1.55. The van der Waals surface area contributed by atoms with Crippen LogP contribution in [0.1, 0.15) is 19.3 Å². The molecule has 0 aromatic carbocycles. The largest absolute Gasteiger partial charge is 0.368 e. The Labute approximate surface area is 148 Å². The lowest BCUT2D eigenvalue weighted by molar-refractivity contribution is -0.204. The highest BCUT2D eigenvalue weighted by Crippen LogP contribution is 2.35. The molecule has 8 nitrogen and oxygen atoms in total. The molecule has 9 heteroatoms. The predicted octanol–water partition coefficient (Wildman–Crippen LogP) is -1.14. The Bertz CT molecular complexity index is 640. The smallest absolute Gasteiger partial charge is 0.239 e. The van der Waals surface area contributed by atoms with Crippen molar-refractivity contribution in [2.75, 3.05) is 51.8 Å². The maximum atomic E-state index is 12.1. The Hall–Kier alpha value is -1.19. The summed E-state index contributed by atoms with van der Waals surface area (Å²) < 4.78 is 28.4. The first-order valence-corrected chi connectivity index (χ1v) is 10.8. The molecule has 3 rings (SSSR count). The van der Waals surface area contributed by atoms with Gasteiger partial charge in [0.2, 0.25) is 11.8 Å². The molecule has 2 aliphatic heterocycles. The van der Waals surface area contributed by atoms with Crippen LogP contribution in [-0.2, 0) is 24.2 Å². The van der Waals surface area contributed by atoms with Crippen LogP contribution in [0.25, 0.3) is 0 Å². The molecule has 1 atom stereocenters. The van der Waals surface area contributed by atoms with Crippen LogP contribution in [0.5, 0.6) is 0 Å². The SMILES string of the molecule is CNC(=O)[C@H]1COC2(CN(C(=O)CCS(C)(=O)=O)C2)CN1CC1CC1. The summed E-state index contributed by atoms with van der Waals surface area (Å²) in [6.45, 7) is 2.80. The maximum absolute atomic E-state index is 12.1. The van der Waals surface area contributed by atoms with E-state index < -0.39 is 15.4 Å². The number of amides is 2. The monoisotopic (exact) mass is 373 g/mol. The van der Waals surface area contributed by atoms with Crippen LogP contribution in [0.15, 0.2) is 0 Å². The summed E-state index contributed by atoms with van der Waals surface area (Å²) in [6.07, 6.45) is 3.57. The minimum absolute atomic E-state index is 0.0154. The van der Waals surface area contributed by atoms with E-state index in [4.69, 9.17) is 4.74 Å². The number of hydrogen-bond acceptors (Lipinski definition) is 6. The summed E-state index contributed by atoms with van der Waals surface area (Å²) in [5, 5.41) is 2.70. The molecule has 0 bridgehead atoms. The van der Waals surface area contributed by atoms with E-state index in [1.807, 2.05) is 0 Å². The number of ether oxygens (including phenoxy) is 1. The first-order valence-electron chi connectivity index (χ1n) is 8.76. The lowest BCUT2D eigenvalue weighted by atomic mass is 9.90. The molecule has 2 heterocycles. The van der Waals surface area contributed by atoms with Gasteiger partial charge < -0.3 is 15.0 Å². The topological polar surface area (TPSA) is 96.0 Å². The second-order valence-electron chi connectivity index (χ2n) is 7.63. The summed E-state index contributed by atoms with van der Waals surface area (Å²) in [5.74, 6) is 0.357. The van der Waals surface area contributed by atoms with Crippen molar-refractivity contribution >= 4 is 21.7 Å². The van der Waals surface area contributed by atoms with Crippen LogP contribution in [0, 0.1) is 5.92 Å². The molecule has 0 radical (unpaired) electrons. The van der Waals surface area contributed by atoms with E-state index in [1.165, 1.54) is 12.8 Å². The van der Waals surface area contributed by atoms with Crippen molar-refractivity contribution in [1.82, 2.24) is 15.1 Å². The number of carbonyl (C=O) groups is 2. The molecule has 3 fully saturated rings. The van der Waals surface area contributed by atoms with Crippen LogP contribution in [-0.4, -0.2) is 93.5 Å². The van der Waals surface area contributed by atoms with Crippen molar-refractivity contribution in [3.05, 3.63) is 0 Å². The maximum Gasteiger partial charge on any atom is 0.239 e. The zero-order valence-electron chi connectivity index (χ0n) is 14.9. The number of morpholine rings is 1. The fraction of sp³-hybridized carbons (Fsp3) is 0.875. The van der Waals surface area contributed by atoms with Gasteiger partial charge in [-0.25, -0.2) is 8.42 Å².